The van der Waals surface area contributed by atoms with Crippen molar-refractivity contribution < 1.29 is 22.3 Å². The lowest BCUT2D eigenvalue weighted by atomic mass is 9.89. The number of hydrogen-bond donors (Lipinski definition) is 1. The van der Waals surface area contributed by atoms with Gasteiger partial charge in [0.25, 0.3) is 22.8 Å². The lowest BCUT2D eigenvalue weighted by Crippen LogP contribution is -2.41. The van der Waals surface area contributed by atoms with E-state index in [1.54, 1.807) is 0 Å². The smallest absolute Gasteiger partial charge is 0.272 e. The lowest BCUT2D eigenvalue weighted by Gasteiger charge is -2.20. The molecule has 2 fully saturated rings. The van der Waals surface area contributed by atoms with Crippen molar-refractivity contribution in [2.24, 2.45) is 11.8 Å². The van der Waals surface area contributed by atoms with E-state index >= 15 is 0 Å². The second kappa shape index (κ2) is 7.89. The molecule has 1 unspecified atom stereocenters. The summed E-state index contributed by atoms with van der Waals surface area (Å²) in [5.74, 6) is -1.57. The fraction of sp³-hybridized carbons (Fsp3) is 0.857. The average molecular weight is 317 g/mol. The number of thiol groups is 1. The molecule has 7 heteroatoms. The number of nitrogens with zero attached hydrogens (tertiary/aromatic N) is 1. The molecule has 2 rings (SSSR count). The van der Waals surface area contributed by atoms with Gasteiger partial charge in [-0.3, -0.25) is 9.59 Å². The van der Waals surface area contributed by atoms with Crippen LogP contribution in [0.25, 0.3) is 0 Å². The third-order valence-corrected chi connectivity index (χ3v) is 4.76. The molecule has 1 heterocycles. The normalized spacial score (nSPS) is 29.1. The van der Waals surface area contributed by atoms with Crippen LogP contribution in [0.5, 0.6) is 0 Å². The van der Waals surface area contributed by atoms with E-state index in [9.17, 15) is 18.0 Å². The van der Waals surface area contributed by atoms with Crippen molar-refractivity contribution in [3.8, 4) is 0 Å². The van der Waals surface area contributed by atoms with Crippen molar-refractivity contribution in [2.75, 3.05) is 0 Å². The summed E-state index contributed by atoms with van der Waals surface area (Å²) in [5, 5.41) is 0.520. The first-order valence-electron chi connectivity index (χ1n) is 7.80. The quantitative estimate of drug-likeness (QED) is 0.622. The van der Waals surface area contributed by atoms with E-state index < -0.39 is 22.8 Å². The second-order valence-electron chi connectivity index (χ2n) is 5.95. The maximum atomic E-state index is 12.4. The van der Waals surface area contributed by atoms with Crippen molar-refractivity contribution in [2.45, 2.75) is 64.2 Å². The number of carbonyl (C=O) groups excluding carboxylic acids is 2. The molecule has 120 valence electrons. The number of amides is 2. The summed E-state index contributed by atoms with van der Waals surface area (Å²) in [6.45, 7) is 0. The first-order valence-corrected chi connectivity index (χ1v) is 8.89. The Labute approximate surface area is 126 Å². The zero-order chi connectivity index (χ0) is 15.2. The van der Waals surface area contributed by atoms with Crippen LogP contribution in [-0.2, 0) is 24.9 Å². The Balaban J connectivity index is 2.20. The van der Waals surface area contributed by atoms with Crippen LogP contribution in [0.2, 0.25) is 0 Å². The largest absolute Gasteiger partial charge is 0.278 e. The Morgan fingerprint density at radius 1 is 0.762 bits per heavy atom. The van der Waals surface area contributed by atoms with Crippen molar-refractivity contribution in [3.63, 3.8) is 0 Å². The maximum Gasteiger partial charge on any atom is 0.278 e. The van der Waals surface area contributed by atoms with Gasteiger partial charge >= 0.3 is 0 Å². The highest BCUT2D eigenvalue weighted by atomic mass is 32.2. The summed E-state index contributed by atoms with van der Waals surface area (Å²) < 4.78 is 26.1. The first kappa shape index (κ1) is 16.4. The third-order valence-electron chi connectivity index (χ3n) is 4.47. The van der Waals surface area contributed by atoms with Crippen LogP contribution in [0.1, 0.15) is 64.2 Å². The van der Waals surface area contributed by atoms with Crippen LogP contribution in [0.3, 0.4) is 0 Å². The molecule has 6 nitrogen and oxygen atoms in total. The van der Waals surface area contributed by atoms with Crippen LogP contribution in [0.4, 0.5) is 0 Å². The number of rotatable bonds is 2. The van der Waals surface area contributed by atoms with Gasteiger partial charge in [0.15, 0.2) is 0 Å². The highest BCUT2D eigenvalue weighted by Crippen LogP contribution is 2.31. The van der Waals surface area contributed by atoms with Gasteiger partial charge in [0.1, 0.15) is 0 Å². The second-order valence-corrected chi connectivity index (χ2v) is 6.56. The highest BCUT2D eigenvalue weighted by Gasteiger charge is 2.38. The van der Waals surface area contributed by atoms with E-state index in [0.717, 1.165) is 38.5 Å². The third kappa shape index (κ3) is 4.51. The molecular formula is C14H23NO5S. The molecule has 1 saturated heterocycles. The minimum atomic E-state index is -3.26. The van der Waals surface area contributed by atoms with E-state index in [4.69, 9.17) is 0 Å². The molecule has 0 spiro atoms. The van der Waals surface area contributed by atoms with Gasteiger partial charge in [0, 0.05) is 11.8 Å². The first-order chi connectivity index (χ1) is 10.1. The fourth-order valence-electron chi connectivity index (χ4n) is 3.26. The van der Waals surface area contributed by atoms with Crippen LogP contribution < -0.4 is 0 Å². The van der Waals surface area contributed by atoms with Crippen molar-refractivity contribution >= 4 is 22.8 Å². The molecule has 2 aliphatic rings. The zero-order valence-corrected chi connectivity index (χ0v) is 13.1. The average Bonchev–Trinajstić information content (AvgIpc) is 2.52. The van der Waals surface area contributed by atoms with Gasteiger partial charge in [-0.1, -0.05) is 38.5 Å². The van der Waals surface area contributed by atoms with Gasteiger partial charge in [-0.2, -0.15) is 0 Å². The van der Waals surface area contributed by atoms with Crippen LogP contribution in [0, 0.1) is 11.8 Å². The zero-order valence-electron chi connectivity index (χ0n) is 12.2. The van der Waals surface area contributed by atoms with E-state index in [2.05, 4.69) is 4.28 Å². The molecule has 0 radical (unpaired) electrons. The van der Waals surface area contributed by atoms with Gasteiger partial charge in [-0.25, -0.2) is 8.42 Å². The molecular weight excluding hydrogens is 294 g/mol. The summed E-state index contributed by atoms with van der Waals surface area (Å²) in [7, 11) is -3.26. The van der Waals surface area contributed by atoms with Gasteiger partial charge < -0.3 is 0 Å². The fourth-order valence-corrected chi connectivity index (χ4v) is 3.56. The number of fused-ring (bicyclic) bond motifs is 3. The Kier molecular flexibility index (Phi) is 6.17. The Morgan fingerprint density at radius 3 is 1.62 bits per heavy atom. The Hall–Kier alpha value is -0.950. The monoisotopic (exact) mass is 317 g/mol. The van der Waals surface area contributed by atoms with E-state index in [1.807, 2.05) is 0 Å². The Morgan fingerprint density at radius 2 is 1.19 bits per heavy atom. The number of imide groups is 1. The molecule has 0 aromatic rings. The minimum Gasteiger partial charge on any atom is -0.272 e. The predicted molar refractivity (Wildman–Crippen MR) is 76.4 cm³/mol. The minimum absolute atomic E-state index is 0.298. The summed E-state index contributed by atoms with van der Waals surface area (Å²) in [6.07, 6.45) is 9.05. The SMILES string of the molecule is O=C1C2CCCCCCCC[C@@H](CC2)C(=O)N1O[SH](=O)=O. The van der Waals surface area contributed by atoms with Crippen LogP contribution in [0.15, 0.2) is 0 Å². The number of carbonyl (C=O) groups is 2. The molecule has 2 bridgehead atoms. The number of hydroxylamine groups is 2. The van der Waals surface area contributed by atoms with Crippen molar-refractivity contribution in [1.82, 2.24) is 5.06 Å². The summed E-state index contributed by atoms with van der Waals surface area (Å²) >= 11 is 0. The van der Waals surface area contributed by atoms with Crippen molar-refractivity contribution in [3.05, 3.63) is 0 Å². The molecule has 2 atom stereocenters. The van der Waals surface area contributed by atoms with E-state index in [-0.39, 0.29) is 11.8 Å². The highest BCUT2D eigenvalue weighted by molar-refractivity contribution is 7.67. The molecule has 0 aromatic carbocycles. The van der Waals surface area contributed by atoms with E-state index in [1.165, 1.54) is 0 Å². The van der Waals surface area contributed by atoms with Gasteiger partial charge in [-0.15, -0.1) is 9.35 Å². The predicted octanol–water partition coefficient (Wildman–Crippen LogP) is 1.96. The molecule has 0 aromatic heterocycles. The van der Waals surface area contributed by atoms with Gasteiger partial charge in [0.2, 0.25) is 0 Å². The molecule has 21 heavy (non-hydrogen) atoms. The van der Waals surface area contributed by atoms with Gasteiger partial charge in [-0.05, 0) is 25.7 Å². The molecule has 1 saturated carbocycles. The topological polar surface area (TPSA) is 80.8 Å². The molecule has 1 aliphatic carbocycles. The molecule has 0 N–H and O–H groups in total. The molecule has 1 aliphatic heterocycles. The summed E-state index contributed by atoms with van der Waals surface area (Å²) in [5.41, 5.74) is 0. The maximum absolute atomic E-state index is 12.4. The van der Waals surface area contributed by atoms with Crippen LogP contribution >= 0.6 is 0 Å². The Bertz CT molecular complexity index is 424. The summed E-state index contributed by atoms with van der Waals surface area (Å²) in [6, 6.07) is 0. The standard InChI is InChI=1S/C14H23NO5S/c16-13-11-7-5-3-1-2-4-6-8-12(10-9-11)14(17)15(13)20-21(18)19/h11-12,21H,1-10H2/t11-,12?/m0/s1. The molecule has 2 amide bonds. The summed E-state index contributed by atoms with van der Waals surface area (Å²) in [4.78, 5) is 24.7. The lowest BCUT2D eigenvalue weighted by molar-refractivity contribution is -0.174. The number of hydrogen-bond acceptors (Lipinski definition) is 5. The van der Waals surface area contributed by atoms with E-state index in [0.29, 0.717) is 30.7 Å². The van der Waals surface area contributed by atoms with Crippen molar-refractivity contribution in [1.29, 1.82) is 0 Å². The van der Waals surface area contributed by atoms with Gasteiger partial charge in [0.05, 0.1) is 0 Å². The van der Waals surface area contributed by atoms with Crippen LogP contribution in [-0.4, -0.2) is 25.3 Å².